The molecule has 5 heteroatoms. The molecule has 1 aliphatic rings. The fraction of sp³-hybridized carbons (Fsp3) is 0.714. The molecular formula is C14H24N4O. The van der Waals surface area contributed by atoms with Crippen LogP contribution < -0.4 is 11.1 Å². The van der Waals surface area contributed by atoms with Crippen LogP contribution in [0.2, 0.25) is 0 Å². The average molecular weight is 264 g/mol. The lowest BCUT2D eigenvalue weighted by molar-refractivity contribution is -0.123. The second kappa shape index (κ2) is 5.74. The van der Waals surface area contributed by atoms with Crippen LogP contribution >= 0.6 is 0 Å². The van der Waals surface area contributed by atoms with Crippen molar-refractivity contribution < 1.29 is 4.79 Å². The Kier molecular flexibility index (Phi) is 4.24. The molecule has 1 fully saturated rings. The van der Waals surface area contributed by atoms with Crippen molar-refractivity contribution in [1.29, 1.82) is 0 Å². The van der Waals surface area contributed by atoms with Gasteiger partial charge in [0, 0.05) is 30.7 Å². The van der Waals surface area contributed by atoms with Gasteiger partial charge in [-0.25, -0.2) is 0 Å². The van der Waals surface area contributed by atoms with Gasteiger partial charge in [0.05, 0.1) is 5.69 Å². The summed E-state index contributed by atoms with van der Waals surface area (Å²) >= 11 is 0. The van der Waals surface area contributed by atoms with Crippen molar-refractivity contribution in [1.82, 2.24) is 15.1 Å². The van der Waals surface area contributed by atoms with Crippen LogP contribution in [0.5, 0.6) is 0 Å². The molecule has 3 N–H and O–H groups in total. The first kappa shape index (κ1) is 14.1. The summed E-state index contributed by atoms with van der Waals surface area (Å²) in [4.78, 5) is 11.7. The van der Waals surface area contributed by atoms with Gasteiger partial charge in [-0.2, -0.15) is 5.10 Å². The molecule has 19 heavy (non-hydrogen) atoms. The molecule has 1 aromatic rings. The SMILES string of the molecule is Cc1cc(C)n(CCCNC(=O)CC2(N)CCC2)n1. The van der Waals surface area contributed by atoms with Crippen LogP contribution in [-0.2, 0) is 11.3 Å². The third-order valence-electron chi connectivity index (χ3n) is 3.83. The number of carbonyl (C=O) groups is 1. The van der Waals surface area contributed by atoms with Crippen molar-refractivity contribution in [2.45, 2.75) is 58.0 Å². The summed E-state index contributed by atoms with van der Waals surface area (Å²) in [5.41, 5.74) is 8.03. The molecule has 106 valence electrons. The number of aryl methyl sites for hydroxylation is 3. The van der Waals surface area contributed by atoms with E-state index in [0.717, 1.165) is 37.9 Å². The van der Waals surface area contributed by atoms with Gasteiger partial charge in [0.1, 0.15) is 0 Å². The number of hydrogen-bond donors (Lipinski definition) is 2. The summed E-state index contributed by atoms with van der Waals surface area (Å²) in [6.45, 7) is 5.57. The molecule has 0 saturated heterocycles. The quantitative estimate of drug-likeness (QED) is 0.760. The molecule has 1 aliphatic carbocycles. The van der Waals surface area contributed by atoms with Gasteiger partial charge >= 0.3 is 0 Å². The molecular weight excluding hydrogens is 240 g/mol. The van der Waals surface area contributed by atoms with Gasteiger partial charge in [-0.1, -0.05) is 0 Å². The smallest absolute Gasteiger partial charge is 0.221 e. The Labute approximate surface area is 114 Å². The van der Waals surface area contributed by atoms with E-state index in [0.29, 0.717) is 13.0 Å². The van der Waals surface area contributed by atoms with E-state index >= 15 is 0 Å². The number of nitrogens with two attached hydrogens (primary N) is 1. The minimum absolute atomic E-state index is 0.0792. The number of nitrogens with one attached hydrogen (secondary N) is 1. The maximum Gasteiger partial charge on any atom is 0.221 e. The monoisotopic (exact) mass is 264 g/mol. The molecule has 1 aromatic heterocycles. The normalized spacial score (nSPS) is 17.0. The highest BCUT2D eigenvalue weighted by atomic mass is 16.1. The highest BCUT2D eigenvalue weighted by molar-refractivity contribution is 5.77. The van der Waals surface area contributed by atoms with E-state index in [2.05, 4.69) is 16.5 Å². The molecule has 0 aromatic carbocycles. The first-order valence-corrected chi connectivity index (χ1v) is 7.05. The summed E-state index contributed by atoms with van der Waals surface area (Å²) in [6.07, 6.45) is 4.47. The molecule has 5 nitrogen and oxygen atoms in total. The van der Waals surface area contributed by atoms with Crippen LogP contribution in [-0.4, -0.2) is 27.8 Å². The molecule has 2 rings (SSSR count). The molecule has 0 radical (unpaired) electrons. The third kappa shape index (κ3) is 3.80. The molecule has 1 saturated carbocycles. The van der Waals surface area contributed by atoms with Crippen LogP contribution in [0.3, 0.4) is 0 Å². The lowest BCUT2D eigenvalue weighted by Crippen LogP contribution is -2.50. The predicted octanol–water partition coefficient (Wildman–Crippen LogP) is 1.28. The Hall–Kier alpha value is -1.36. The highest BCUT2D eigenvalue weighted by Gasteiger charge is 2.34. The van der Waals surface area contributed by atoms with E-state index in [1.54, 1.807) is 0 Å². The third-order valence-corrected chi connectivity index (χ3v) is 3.83. The predicted molar refractivity (Wildman–Crippen MR) is 74.7 cm³/mol. The Balaban J connectivity index is 1.64. The first-order chi connectivity index (χ1) is 8.98. The van der Waals surface area contributed by atoms with E-state index in [1.807, 2.05) is 18.5 Å². The molecule has 1 amide bonds. The molecule has 0 aliphatic heterocycles. The molecule has 0 unspecified atom stereocenters. The summed E-state index contributed by atoms with van der Waals surface area (Å²) < 4.78 is 1.98. The average Bonchev–Trinajstić information content (AvgIpc) is 2.61. The van der Waals surface area contributed by atoms with Gasteiger partial charge in [-0.3, -0.25) is 9.48 Å². The fourth-order valence-electron chi connectivity index (χ4n) is 2.55. The van der Waals surface area contributed by atoms with Gasteiger partial charge < -0.3 is 11.1 Å². The van der Waals surface area contributed by atoms with Crippen molar-refractivity contribution in [2.75, 3.05) is 6.54 Å². The van der Waals surface area contributed by atoms with E-state index in [-0.39, 0.29) is 11.4 Å². The Morgan fingerprint density at radius 1 is 1.53 bits per heavy atom. The maximum absolute atomic E-state index is 11.7. The number of amides is 1. The zero-order chi connectivity index (χ0) is 13.9. The molecule has 0 bridgehead atoms. The van der Waals surface area contributed by atoms with E-state index in [9.17, 15) is 4.79 Å². The second-order valence-electron chi connectivity index (χ2n) is 5.75. The standard InChI is InChI=1S/C14H24N4O/c1-11-9-12(2)18(17-11)8-4-7-16-13(19)10-14(15)5-3-6-14/h9H,3-8,10,15H2,1-2H3,(H,16,19). The summed E-state index contributed by atoms with van der Waals surface area (Å²) in [6, 6.07) is 2.06. The zero-order valence-corrected chi connectivity index (χ0v) is 11.9. The Morgan fingerprint density at radius 2 is 2.26 bits per heavy atom. The Morgan fingerprint density at radius 3 is 2.79 bits per heavy atom. The summed E-state index contributed by atoms with van der Waals surface area (Å²) in [7, 11) is 0. The summed E-state index contributed by atoms with van der Waals surface area (Å²) in [5, 5.41) is 7.34. The van der Waals surface area contributed by atoms with Crippen molar-refractivity contribution in [3.63, 3.8) is 0 Å². The fourth-order valence-corrected chi connectivity index (χ4v) is 2.55. The lowest BCUT2D eigenvalue weighted by Gasteiger charge is -2.37. The van der Waals surface area contributed by atoms with E-state index in [1.165, 1.54) is 5.69 Å². The van der Waals surface area contributed by atoms with Gasteiger partial charge in [-0.15, -0.1) is 0 Å². The number of aromatic nitrogens is 2. The summed E-state index contributed by atoms with van der Waals surface area (Å²) in [5.74, 6) is 0.0792. The van der Waals surface area contributed by atoms with Gasteiger partial charge in [-0.05, 0) is 45.6 Å². The number of nitrogens with zero attached hydrogens (tertiary/aromatic N) is 2. The topological polar surface area (TPSA) is 72.9 Å². The Bertz CT molecular complexity index is 448. The second-order valence-corrected chi connectivity index (χ2v) is 5.75. The van der Waals surface area contributed by atoms with Crippen molar-refractivity contribution in [3.8, 4) is 0 Å². The first-order valence-electron chi connectivity index (χ1n) is 7.05. The van der Waals surface area contributed by atoms with Crippen LogP contribution in [0, 0.1) is 13.8 Å². The molecule has 1 heterocycles. The van der Waals surface area contributed by atoms with E-state index in [4.69, 9.17) is 5.73 Å². The van der Waals surface area contributed by atoms with Crippen molar-refractivity contribution >= 4 is 5.91 Å². The number of carbonyl (C=O) groups excluding carboxylic acids is 1. The number of rotatable bonds is 6. The zero-order valence-electron chi connectivity index (χ0n) is 11.9. The van der Waals surface area contributed by atoms with Gasteiger partial charge in [0.2, 0.25) is 5.91 Å². The minimum atomic E-state index is -0.222. The van der Waals surface area contributed by atoms with Crippen LogP contribution in [0.4, 0.5) is 0 Å². The van der Waals surface area contributed by atoms with Gasteiger partial charge in [0.15, 0.2) is 0 Å². The molecule has 0 spiro atoms. The lowest BCUT2D eigenvalue weighted by atomic mass is 9.75. The van der Waals surface area contributed by atoms with Crippen molar-refractivity contribution in [3.05, 3.63) is 17.5 Å². The molecule has 0 atom stereocenters. The van der Waals surface area contributed by atoms with Gasteiger partial charge in [0.25, 0.3) is 0 Å². The van der Waals surface area contributed by atoms with Crippen molar-refractivity contribution in [2.24, 2.45) is 5.73 Å². The van der Waals surface area contributed by atoms with Crippen LogP contribution in [0.15, 0.2) is 6.07 Å². The van der Waals surface area contributed by atoms with Crippen LogP contribution in [0.25, 0.3) is 0 Å². The maximum atomic E-state index is 11.7. The largest absolute Gasteiger partial charge is 0.356 e. The van der Waals surface area contributed by atoms with Crippen LogP contribution in [0.1, 0.15) is 43.5 Å². The highest BCUT2D eigenvalue weighted by Crippen LogP contribution is 2.31. The minimum Gasteiger partial charge on any atom is -0.356 e. The van der Waals surface area contributed by atoms with E-state index < -0.39 is 0 Å². The number of hydrogen-bond acceptors (Lipinski definition) is 3.